The van der Waals surface area contributed by atoms with Crippen molar-refractivity contribution >= 4 is 15.9 Å². The van der Waals surface area contributed by atoms with Crippen molar-refractivity contribution in [1.82, 2.24) is 4.72 Å². The van der Waals surface area contributed by atoms with Gasteiger partial charge in [-0.05, 0) is 24.6 Å². The molecule has 9 heteroatoms. The van der Waals surface area contributed by atoms with Crippen molar-refractivity contribution in [3.63, 3.8) is 0 Å². The highest BCUT2D eigenvalue weighted by atomic mass is 32.2. The van der Waals surface area contributed by atoms with Crippen LogP contribution in [0.25, 0.3) is 0 Å². The van der Waals surface area contributed by atoms with Gasteiger partial charge in [-0.25, -0.2) is 0 Å². The van der Waals surface area contributed by atoms with E-state index in [1.54, 1.807) is 13.0 Å². The van der Waals surface area contributed by atoms with Crippen LogP contribution in [0.4, 0.5) is 18.9 Å². The summed E-state index contributed by atoms with van der Waals surface area (Å²) in [4.78, 5) is 0. The topological polar surface area (TPSA) is 78.4 Å². The summed E-state index contributed by atoms with van der Waals surface area (Å²) in [7, 11) is -4.38. The average molecular weight is 322 g/mol. The predicted octanol–water partition coefficient (Wildman–Crippen LogP) is 1.15. The molecule has 0 atom stereocenters. The number of aliphatic hydroxyl groups excluding tert-OH is 1. The first-order valence-corrected chi connectivity index (χ1v) is 7.16. The summed E-state index contributed by atoms with van der Waals surface area (Å²) in [5, 5.41) is 8.63. The lowest BCUT2D eigenvalue weighted by Gasteiger charge is -2.12. The van der Waals surface area contributed by atoms with Gasteiger partial charge in [0.2, 0.25) is 0 Å². The Morgan fingerprint density at radius 3 is 2.57 bits per heavy atom. The third-order valence-corrected chi connectivity index (χ3v) is 3.20. The van der Waals surface area contributed by atoms with Gasteiger partial charge in [0.25, 0.3) is 10.2 Å². The van der Waals surface area contributed by atoms with E-state index in [-0.39, 0.29) is 11.3 Å². The van der Waals surface area contributed by atoms with Crippen molar-refractivity contribution in [2.45, 2.75) is 13.1 Å². The van der Waals surface area contributed by atoms with Gasteiger partial charge in [-0.2, -0.15) is 26.3 Å². The minimum atomic E-state index is -4.65. The molecule has 21 heavy (non-hydrogen) atoms. The normalized spacial score (nSPS) is 11.7. The maximum Gasteiger partial charge on any atom is 0.402 e. The molecular formula is C12H13F3N2O3S. The molecule has 0 amide bonds. The molecule has 1 aromatic carbocycles. The van der Waals surface area contributed by atoms with Gasteiger partial charge in [0.15, 0.2) is 0 Å². The van der Waals surface area contributed by atoms with Crippen molar-refractivity contribution in [1.29, 1.82) is 0 Å². The van der Waals surface area contributed by atoms with Gasteiger partial charge in [-0.15, -0.1) is 0 Å². The molecule has 0 unspecified atom stereocenters. The van der Waals surface area contributed by atoms with Gasteiger partial charge in [0.1, 0.15) is 13.2 Å². The van der Waals surface area contributed by atoms with Crippen LogP contribution in [0.3, 0.4) is 0 Å². The lowest BCUT2D eigenvalue weighted by atomic mass is 10.1. The van der Waals surface area contributed by atoms with Crippen molar-refractivity contribution in [3.8, 4) is 11.8 Å². The molecule has 1 aromatic rings. The highest BCUT2D eigenvalue weighted by molar-refractivity contribution is 7.90. The van der Waals surface area contributed by atoms with Crippen LogP contribution in [-0.4, -0.2) is 32.9 Å². The minimum Gasteiger partial charge on any atom is -0.384 e. The fourth-order valence-corrected chi connectivity index (χ4v) is 2.23. The maximum absolute atomic E-state index is 12.0. The molecule has 0 saturated heterocycles. The number of alkyl halides is 3. The van der Waals surface area contributed by atoms with Gasteiger partial charge < -0.3 is 5.11 Å². The van der Waals surface area contributed by atoms with E-state index >= 15 is 0 Å². The summed E-state index contributed by atoms with van der Waals surface area (Å²) in [6, 6.07) is 4.58. The summed E-state index contributed by atoms with van der Waals surface area (Å²) >= 11 is 0. The molecule has 1 rings (SSSR count). The van der Waals surface area contributed by atoms with E-state index in [0.717, 1.165) is 0 Å². The monoisotopic (exact) mass is 322 g/mol. The van der Waals surface area contributed by atoms with Crippen LogP contribution in [-0.2, 0) is 10.2 Å². The van der Waals surface area contributed by atoms with E-state index in [1.807, 2.05) is 4.72 Å². The Kier molecular flexibility index (Phi) is 5.60. The first kappa shape index (κ1) is 17.3. The first-order valence-electron chi connectivity index (χ1n) is 5.67. The number of aliphatic hydroxyl groups is 1. The molecule has 0 aromatic heterocycles. The Labute approximate surface area is 120 Å². The Bertz CT molecular complexity index is 661. The summed E-state index contributed by atoms with van der Waals surface area (Å²) in [6.07, 6.45) is -4.65. The lowest BCUT2D eigenvalue weighted by molar-refractivity contribution is -0.121. The molecule has 0 saturated carbocycles. The van der Waals surface area contributed by atoms with Gasteiger partial charge in [0, 0.05) is 5.56 Å². The van der Waals surface area contributed by atoms with Crippen LogP contribution in [0.2, 0.25) is 0 Å². The van der Waals surface area contributed by atoms with E-state index in [1.165, 1.54) is 16.9 Å². The Morgan fingerprint density at radius 2 is 2.00 bits per heavy atom. The number of hydrogen-bond acceptors (Lipinski definition) is 3. The smallest absolute Gasteiger partial charge is 0.384 e. The number of benzene rings is 1. The average Bonchev–Trinajstić information content (AvgIpc) is 2.34. The molecule has 0 spiro atoms. The zero-order valence-electron chi connectivity index (χ0n) is 11.0. The molecule has 0 radical (unpaired) electrons. The second-order valence-electron chi connectivity index (χ2n) is 4.05. The zero-order valence-corrected chi connectivity index (χ0v) is 11.8. The number of aryl methyl sites for hydroxylation is 1. The van der Waals surface area contributed by atoms with Crippen LogP contribution in [0.15, 0.2) is 18.2 Å². The molecule has 0 aliphatic carbocycles. The molecule has 116 valence electrons. The van der Waals surface area contributed by atoms with Crippen molar-refractivity contribution < 1.29 is 26.7 Å². The van der Waals surface area contributed by atoms with Crippen LogP contribution >= 0.6 is 0 Å². The van der Waals surface area contributed by atoms with Crippen LogP contribution in [0, 0.1) is 18.8 Å². The predicted molar refractivity (Wildman–Crippen MR) is 71.7 cm³/mol. The highest BCUT2D eigenvalue weighted by Crippen LogP contribution is 2.18. The van der Waals surface area contributed by atoms with Gasteiger partial charge >= 0.3 is 6.18 Å². The molecular weight excluding hydrogens is 309 g/mol. The summed E-state index contributed by atoms with van der Waals surface area (Å²) < 4.78 is 62.6. The number of halogens is 3. The SMILES string of the molecule is Cc1ccc(C#CCO)c(NS(=O)(=O)NCC(F)(F)F)c1. The first-order chi connectivity index (χ1) is 9.63. The molecule has 0 fully saturated rings. The molecule has 0 bridgehead atoms. The van der Waals surface area contributed by atoms with E-state index < -0.39 is 29.5 Å². The number of rotatable bonds is 4. The summed E-state index contributed by atoms with van der Waals surface area (Å²) in [5.74, 6) is 4.84. The van der Waals surface area contributed by atoms with Gasteiger partial charge in [-0.1, -0.05) is 17.9 Å². The number of anilines is 1. The molecule has 0 aliphatic rings. The minimum absolute atomic E-state index is 0.0330. The Hall–Kier alpha value is -1.76. The number of hydrogen-bond donors (Lipinski definition) is 3. The third kappa shape index (κ3) is 6.48. The van der Waals surface area contributed by atoms with Gasteiger partial charge in [-0.3, -0.25) is 4.72 Å². The highest BCUT2D eigenvalue weighted by Gasteiger charge is 2.29. The van der Waals surface area contributed by atoms with E-state index in [2.05, 4.69) is 11.8 Å². The largest absolute Gasteiger partial charge is 0.402 e. The van der Waals surface area contributed by atoms with E-state index in [0.29, 0.717) is 5.56 Å². The van der Waals surface area contributed by atoms with Crippen LogP contribution in [0.5, 0.6) is 0 Å². The van der Waals surface area contributed by atoms with Gasteiger partial charge in [0.05, 0.1) is 5.69 Å². The summed E-state index contributed by atoms with van der Waals surface area (Å²) in [5.41, 5.74) is 0.968. The Balaban J connectivity index is 2.98. The fourth-order valence-electron chi connectivity index (χ4n) is 1.34. The fraction of sp³-hybridized carbons (Fsp3) is 0.333. The van der Waals surface area contributed by atoms with E-state index in [4.69, 9.17) is 5.11 Å². The van der Waals surface area contributed by atoms with E-state index in [9.17, 15) is 21.6 Å². The molecule has 3 N–H and O–H groups in total. The number of nitrogens with one attached hydrogen (secondary N) is 2. The molecule has 0 aliphatic heterocycles. The quantitative estimate of drug-likeness (QED) is 0.728. The van der Waals surface area contributed by atoms with Crippen LogP contribution in [0.1, 0.15) is 11.1 Å². The maximum atomic E-state index is 12.0. The van der Waals surface area contributed by atoms with Crippen molar-refractivity contribution in [2.24, 2.45) is 0 Å². The second kappa shape index (κ2) is 6.80. The van der Waals surface area contributed by atoms with Crippen LogP contribution < -0.4 is 9.44 Å². The third-order valence-electron chi connectivity index (χ3n) is 2.18. The molecule has 0 heterocycles. The summed E-state index contributed by atoms with van der Waals surface area (Å²) in [6.45, 7) is -0.414. The van der Waals surface area contributed by atoms with Crippen molar-refractivity contribution in [3.05, 3.63) is 29.3 Å². The standard InChI is InChI=1S/C12H13F3N2O3S/c1-9-4-5-10(3-2-6-18)11(7-9)17-21(19,20)16-8-12(13,14)15/h4-5,7,16-18H,6,8H2,1H3. The lowest BCUT2D eigenvalue weighted by Crippen LogP contribution is -2.37. The Morgan fingerprint density at radius 1 is 1.33 bits per heavy atom. The molecule has 5 nitrogen and oxygen atoms in total. The van der Waals surface area contributed by atoms with Crippen molar-refractivity contribution in [2.75, 3.05) is 17.9 Å². The second-order valence-corrected chi connectivity index (χ2v) is 5.55. The zero-order chi connectivity index (χ0) is 16.1.